The minimum absolute atomic E-state index is 0.0619. The lowest BCUT2D eigenvalue weighted by atomic mass is 10.1. The van der Waals surface area contributed by atoms with E-state index < -0.39 is 0 Å². The van der Waals surface area contributed by atoms with Crippen molar-refractivity contribution < 1.29 is 5.11 Å². The second-order valence-corrected chi connectivity index (χ2v) is 5.12. The number of nitrogens with zero attached hydrogens (tertiary/aromatic N) is 1. The molecule has 2 nitrogen and oxygen atoms in total. The molecular formula is C14H20ClNO. The third kappa shape index (κ3) is 3.36. The zero-order valence-electron chi connectivity index (χ0n) is 10.2. The monoisotopic (exact) mass is 253 g/mol. The summed E-state index contributed by atoms with van der Waals surface area (Å²) in [5.41, 5.74) is 2.09. The highest BCUT2D eigenvalue weighted by atomic mass is 35.5. The normalized spacial score (nSPS) is 17.6. The number of halogens is 1. The van der Waals surface area contributed by atoms with Gasteiger partial charge in [0.25, 0.3) is 0 Å². The minimum Gasteiger partial charge on any atom is -0.392 e. The van der Waals surface area contributed by atoms with Crippen molar-refractivity contribution in [1.29, 1.82) is 0 Å². The number of hydrogen-bond acceptors (Lipinski definition) is 2. The maximum Gasteiger partial charge on any atom is 0.0702 e. The van der Waals surface area contributed by atoms with Crippen LogP contribution in [0.4, 0.5) is 5.69 Å². The zero-order chi connectivity index (χ0) is 12.1. The van der Waals surface area contributed by atoms with Crippen LogP contribution in [0.2, 0.25) is 5.02 Å². The molecule has 0 amide bonds. The van der Waals surface area contributed by atoms with E-state index in [0.29, 0.717) is 5.02 Å². The van der Waals surface area contributed by atoms with Gasteiger partial charge in [0.15, 0.2) is 0 Å². The Morgan fingerprint density at radius 3 is 2.35 bits per heavy atom. The summed E-state index contributed by atoms with van der Waals surface area (Å²) in [6, 6.07) is 5.82. The maximum absolute atomic E-state index is 9.41. The lowest BCUT2D eigenvalue weighted by molar-refractivity contribution is 0.282. The summed E-state index contributed by atoms with van der Waals surface area (Å²) < 4.78 is 0. The van der Waals surface area contributed by atoms with E-state index in [1.165, 1.54) is 32.1 Å². The summed E-state index contributed by atoms with van der Waals surface area (Å²) in [6.07, 6.45) is 6.49. The number of benzene rings is 1. The quantitative estimate of drug-likeness (QED) is 0.871. The highest BCUT2D eigenvalue weighted by Crippen LogP contribution is 2.26. The fraction of sp³-hybridized carbons (Fsp3) is 0.571. The van der Waals surface area contributed by atoms with Crippen LogP contribution in [0.3, 0.4) is 0 Å². The SMILES string of the molecule is OCc1cc(Cl)ccc1N1CCCCCCC1. The van der Waals surface area contributed by atoms with Crippen molar-refractivity contribution in [1.82, 2.24) is 0 Å². The van der Waals surface area contributed by atoms with Gasteiger partial charge in [0.2, 0.25) is 0 Å². The van der Waals surface area contributed by atoms with Crippen LogP contribution in [0.15, 0.2) is 18.2 Å². The summed E-state index contributed by atoms with van der Waals surface area (Å²) in [7, 11) is 0. The molecule has 1 fully saturated rings. The van der Waals surface area contributed by atoms with Crippen LogP contribution in [0.25, 0.3) is 0 Å². The molecular weight excluding hydrogens is 234 g/mol. The third-order valence-electron chi connectivity index (χ3n) is 3.41. The van der Waals surface area contributed by atoms with Crippen LogP contribution in [0.5, 0.6) is 0 Å². The standard InChI is InChI=1S/C14H20ClNO/c15-13-6-7-14(12(10-13)11-17)16-8-4-2-1-3-5-9-16/h6-7,10,17H,1-5,8-9,11H2. The third-order valence-corrected chi connectivity index (χ3v) is 3.64. The molecule has 0 aliphatic carbocycles. The van der Waals surface area contributed by atoms with Crippen molar-refractivity contribution in [2.24, 2.45) is 0 Å². The Kier molecular flexibility index (Phi) is 4.69. The summed E-state index contributed by atoms with van der Waals surface area (Å²) in [5, 5.41) is 10.1. The number of aliphatic hydroxyl groups excluding tert-OH is 1. The molecule has 0 spiro atoms. The average Bonchev–Trinajstić information content (AvgIpc) is 2.29. The Balaban J connectivity index is 2.18. The molecule has 1 aromatic rings. The van der Waals surface area contributed by atoms with Crippen LogP contribution in [0.1, 0.15) is 37.7 Å². The highest BCUT2D eigenvalue weighted by Gasteiger charge is 2.12. The Morgan fingerprint density at radius 1 is 1.06 bits per heavy atom. The van der Waals surface area contributed by atoms with Gasteiger partial charge in [-0.25, -0.2) is 0 Å². The first-order valence-corrected chi connectivity index (χ1v) is 6.83. The molecule has 2 rings (SSSR count). The van der Waals surface area contributed by atoms with Gasteiger partial charge in [-0.2, -0.15) is 0 Å². The highest BCUT2D eigenvalue weighted by molar-refractivity contribution is 6.30. The van der Waals surface area contributed by atoms with E-state index in [-0.39, 0.29) is 6.61 Å². The first-order valence-electron chi connectivity index (χ1n) is 6.45. The smallest absolute Gasteiger partial charge is 0.0702 e. The van der Waals surface area contributed by atoms with Crippen molar-refractivity contribution in [3.05, 3.63) is 28.8 Å². The van der Waals surface area contributed by atoms with Gasteiger partial charge in [-0.05, 0) is 31.0 Å². The zero-order valence-corrected chi connectivity index (χ0v) is 10.9. The van der Waals surface area contributed by atoms with Crippen molar-refractivity contribution in [2.75, 3.05) is 18.0 Å². The predicted octanol–water partition coefficient (Wildman–Crippen LogP) is 3.60. The van der Waals surface area contributed by atoms with Crippen LogP contribution < -0.4 is 4.90 Å². The molecule has 0 saturated carbocycles. The Morgan fingerprint density at radius 2 is 1.71 bits per heavy atom. The fourth-order valence-electron chi connectivity index (χ4n) is 2.48. The number of hydrogen-bond donors (Lipinski definition) is 1. The molecule has 0 atom stereocenters. The van der Waals surface area contributed by atoms with E-state index in [2.05, 4.69) is 4.90 Å². The van der Waals surface area contributed by atoms with E-state index in [4.69, 9.17) is 11.6 Å². The van der Waals surface area contributed by atoms with E-state index in [1.807, 2.05) is 18.2 Å². The van der Waals surface area contributed by atoms with Crippen molar-refractivity contribution >= 4 is 17.3 Å². The lowest BCUT2D eigenvalue weighted by Gasteiger charge is -2.28. The van der Waals surface area contributed by atoms with Gasteiger partial charge in [0, 0.05) is 29.4 Å². The lowest BCUT2D eigenvalue weighted by Crippen LogP contribution is -2.27. The molecule has 94 valence electrons. The summed E-state index contributed by atoms with van der Waals surface area (Å²) in [6.45, 7) is 2.25. The van der Waals surface area contributed by atoms with Gasteiger partial charge in [0.1, 0.15) is 0 Å². The van der Waals surface area contributed by atoms with E-state index in [0.717, 1.165) is 24.3 Å². The molecule has 1 N–H and O–H groups in total. The van der Waals surface area contributed by atoms with Gasteiger partial charge in [-0.15, -0.1) is 0 Å². The largest absolute Gasteiger partial charge is 0.392 e. The molecule has 3 heteroatoms. The summed E-state index contributed by atoms with van der Waals surface area (Å²) in [4.78, 5) is 2.39. The van der Waals surface area contributed by atoms with Crippen LogP contribution in [0, 0.1) is 0 Å². The predicted molar refractivity (Wildman–Crippen MR) is 72.7 cm³/mol. The van der Waals surface area contributed by atoms with Crippen molar-refractivity contribution in [3.63, 3.8) is 0 Å². The Hall–Kier alpha value is -0.730. The maximum atomic E-state index is 9.41. The van der Waals surface area contributed by atoms with Gasteiger partial charge >= 0.3 is 0 Å². The first-order chi connectivity index (χ1) is 8.31. The number of aliphatic hydroxyl groups is 1. The topological polar surface area (TPSA) is 23.5 Å². The average molecular weight is 254 g/mol. The molecule has 0 bridgehead atoms. The molecule has 0 radical (unpaired) electrons. The van der Waals surface area contributed by atoms with Gasteiger partial charge < -0.3 is 10.0 Å². The number of anilines is 1. The van der Waals surface area contributed by atoms with E-state index in [9.17, 15) is 5.11 Å². The molecule has 0 unspecified atom stereocenters. The second kappa shape index (κ2) is 6.27. The second-order valence-electron chi connectivity index (χ2n) is 4.69. The molecule has 1 aromatic carbocycles. The van der Waals surface area contributed by atoms with Crippen LogP contribution in [-0.4, -0.2) is 18.2 Å². The molecule has 17 heavy (non-hydrogen) atoms. The van der Waals surface area contributed by atoms with E-state index in [1.54, 1.807) is 0 Å². The van der Waals surface area contributed by atoms with Gasteiger partial charge in [-0.1, -0.05) is 30.9 Å². The molecule has 1 heterocycles. The van der Waals surface area contributed by atoms with Gasteiger partial charge in [-0.3, -0.25) is 0 Å². The molecule has 0 aromatic heterocycles. The fourth-order valence-corrected chi connectivity index (χ4v) is 2.67. The minimum atomic E-state index is 0.0619. The van der Waals surface area contributed by atoms with E-state index >= 15 is 0 Å². The summed E-state index contributed by atoms with van der Waals surface area (Å²) >= 11 is 5.96. The molecule has 1 aliphatic heterocycles. The van der Waals surface area contributed by atoms with Crippen LogP contribution in [-0.2, 0) is 6.61 Å². The van der Waals surface area contributed by atoms with Crippen molar-refractivity contribution in [2.45, 2.75) is 38.7 Å². The molecule has 1 aliphatic rings. The van der Waals surface area contributed by atoms with Crippen molar-refractivity contribution in [3.8, 4) is 0 Å². The van der Waals surface area contributed by atoms with Gasteiger partial charge in [0.05, 0.1) is 6.61 Å². The first kappa shape index (κ1) is 12.7. The Labute approximate surface area is 108 Å². The molecule has 1 saturated heterocycles. The summed E-state index contributed by atoms with van der Waals surface area (Å²) in [5.74, 6) is 0. The Bertz CT molecular complexity index is 359. The number of rotatable bonds is 2. The van der Waals surface area contributed by atoms with Crippen LogP contribution >= 0.6 is 11.6 Å².